The summed E-state index contributed by atoms with van der Waals surface area (Å²) in [4.78, 5) is 12.8. The lowest BCUT2D eigenvalue weighted by Crippen LogP contribution is -2.03. The van der Waals surface area contributed by atoms with Gasteiger partial charge in [0, 0.05) is 17.6 Å². The smallest absolute Gasteiger partial charge is 0.229 e. The molecule has 3 rings (SSSR count). The SMILES string of the molecule is C=Nc1ccc(Nc2ccnc(Nc3c(C)cc(C)cc3C)n2)cc1. The molecule has 3 aromatic rings. The molecule has 1 aromatic heterocycles. The van der Waals surface area contributed by atoms with Gasteiger partial charge in [-0.25, -0.2) is 4.98 Å². The van der Waals surface area contributed by atoms with Gasteiger partial charge in [-0.15, -0.1) is 0 Å². The molecular weight excluding hydrogens is 310 g/mol. The van der Waals surface area contributed by atoms with E-state index in [9.17, 15) is 0 Å². The van der Waals surface area contributed by atoms with Crippen molar-refractivity contribution in [2.45, 2.75) is 20.8 Å². The number of aromatic nitrogens is 2. The molecule has 0 radical (unpaired) electrons. The Balaban J connectivity index is 1.80. The zero-order valence-electron chi connectivity index (χ0n) is 14.7. The molecule has 1 heterocycles. The third-order valence-corrected chi connectivity index (χ3v) is 3.89. The lowest BCUT2D eigenvalue weighted by atomic mass is 10.1. The Morgan fingerprint density at radius 2 is 1.60 bits per heavy atom. The first kappa shape index (κ1) is 16.6. The van der Waals surface area contributed by atoms with E-state index in [1.165, 1.54) is 16.7 Å². The van der Waals surface area contributed by atoms with Crippen LogP contribution in [0, 0.1) is 20.8 Å². The molecular formula is C20H21N5. The molecule has 0 atom stereocenters. The summed E-state index contributed by atoms with van der Waals surface area (Å²) in [5.74, 6) is 1.28. The van der Waals surface area contributed by atoms with Crippen molar-refractivity contribution in [1.82, 2.24) is 9.97 Å². The standard InChI is InChI=1S/C20H21N5/c1-13-11-14(2)19(15(3)12-13)25-20-22-10-9-18(24-20)23-17-7-5-16(21-4)6-8-17/h5-12H,4H2,1-3H3,(H2,22,23,24,25). The molecule has 126 valence electrons. The number of nitrogens with one attached hydrogen (secondary N) is 2. The van der Waals surface area contributed by atoms with Crippen molar-refractivity contribution < 1.29 is 0 Å². The van der Waals surface area contributed by atoms with Crippen LogP contribution in [0.3, 0.4) is 0 Å². The Hall–Kier alpha value is -3.21. The second-order valence-electron chi connectivity index (χ2n) is 5.99. The van der Waals surface area contributed by atoms with Crippen molar-refractivity contribution in [3.05, 3.63) is 65.4 Å². The summed E-state index contributed by atoms with van der Waals surface area (Å²) in [7, 11) is 0. The Morgan fingerprint density at radius 3 is 2.24 bits per heavy atom. The molecule has 0 spiro atoms. The van der Waals surface area contributed by atoms with Crippen LogP contribution in [-0.4, -0.2) is 16.7 Å². The van der Waals surface area contributed by atoms with E-state index in [4.69, 9.17) is 0 Å². The van der Waals surface area contributed by atoms with Gasteiger partial charge in [-0.05, 0) is 68.9 Å². The highest BCUT2D eigenvalue weighted by molar-refractivity contribution is 5.65. The van der Waals surface area contributed by atoms with Crippen molar-refractivity contribution in [3.8, 4) is 0 Å². The van der Waals surface area contributed by atoms with Crippen LogP contribution < -0.4 is 10.6 Å². The van der Waals surface area contributed by atoms with Crippen LogP contribution in [0.2, 0.25) is 0 Å². The third kappa shape index (κ3) is 4.01. The number of aryl methyl sites for hydroxylation is 3. The number of aliphatic imine (C=N–C) groups is 1. The molecule has 2 aromatic carbocycles. The Kier molecular flexibility index (Phi) is 4.75. The highest BCUT2D eigenvalue weighted by Crippen LogP contribution is 2.25. The predicted molar refractivity (Wildman–Crippen MR) is 105 cm³/mol. The minimum Gasteiger partial charge on any atom is -0.340 e. The number of anilines is 4. The maximum atomic E-state index is 4.54. The van der Waals surface area contributed by atoms with E-state index in [1.54, 1.807) is 6.20 Å². The van der Waals surface area contributed by atoms with Crippen LogP contribution in [-0.2, 0) is 0 Å². The Labute approximate surface area is 147 Å². The van der Waals surface area contributed by atoms with Gasteiger partial charge in [-0.2, -0.15) is 4.98 Å². The fourth-order valence-electron chi connectivity index (χ4n) is 2.78. The second kappa shape index (κ2) is 7.13. The molecule has 5 nitrogen and oxygen atoms in total. The van der Waals surface area contributed by atoms with Gasteiger partial charge in [0.2, 0.25) is 5.95 Å². The number of rotatable bonds is 5. The zero-order chi connectivity index (χ0) is 17.8. The normalized spacial score (nSPS) is 10.4. The Morgan fingerprint density at radius 1 is 0.920 bits per heavy atom. The molecule has 0 saturated heterocycles. The van der Waals surface area contributed by atoms with Crippen molar-refractivity contribution in [1.29, 1.82) is 0 Å². The molecule has 0 bridgehead atoms. The predicted octanol–water partition coefficient (Wildman–Crippen LogP) is 5.22. The molecule has 0 saturated carbocycles. The second-order valence-corrected chi connectivity index (χ2v) is 5.99. The van der Waals surface area contributed by atoms with Crippen LogP contribution in [0.5, 0.6) is 0 Å². The maximum Gasteiger partial charge on any atom is 0.229 e. The summed E-state index contributed by atoms with van der Waals surface area (Å²) in [6, 6.07) is 13.8. The molecule has 0 aliphatic heterocycles. The van der Waals surface area contributed by atoms with Gasteiger partial charge in [0.25, 0.3) is 0 Å². The van der Waals surface area contributed by atoms with E-state index in [1.807, 2.05) is 30.3 Å². The number of nitrogens with zero attached hydrogens (tertiary/aromatic N) is 3. The molecule has 0 aliphatic carbocycles. The van der Waals surface area contributed by atoms with Gasteiger partial charge < -0.3 is 10.6 Å². The number of benzene rings is 2. The van der Waals surface area contributed by atoms with Gasteiger partial charge in [-0.3, -0.25) is 4.99 Å². The molecule has 25 heavy (non-hydrogen) atoms. The summed E-state index contributed by atoms with van der Waals surface area (Å²) < 4.78 is 0. The summed E-state index contributed by atoms with van der Waals surface area (Å²) in [5.41, 5.74) is 6.40. The van der Waals surface area contributed by atoms with E-state index in [0.717, 1.165) is 22.9 Å². The van der Waals surface area contributed by atoms with Crippen molar-refractivity contribution in [3.63, 3.8) is 0 Å². The molecule has 2 N–H and O–H groups in total. The quantitative estimate of drug-likeness (QED) is 0.629. The van der Waals surface area contributed by atoms with Gasteiger partial charge in [0.1, 0.15) is 5.82 Å². The van der Waals surface area contributed by atoms with E-state index in [2.05, 4.69) is 65.2 Å². The van der Waals surface area contributed by atoms with Crippen LogP contribution in [0.15, 0.2) is 53.7 Å². The van der Waals surface area contributed by atoms with Crippen molar-refractivity contribution >= 4 is 35.5 Å². The van der Waals surface area contributed by atoms with Crippen LogP contribution >= 0.6 is 0 Å². The molecule has 0 fully saturated rings. The number of hydrogen-bond acceptors (Lipinski definition) is 5. The monoisotopic (exact) mass is 331 g/mol. The van der Waals surface area contributed by atoms with E-state index in [0.29, 0.717) is 5.95 Å². The topological polar surface area (TPSA) is 62.2 Å². The van der Waals surface area contributed by atoms with E-state index in [-0.39, 0.29) is 0 Å². The number of hydrogen-bond donors (Lipinski definition) is 2. The highest BCUT2D eigenvalue weighted by Gasteiger charge is 2.07. The van der Waals surface area contributed by atoms with E-state index >= 15 is 0 Å². The minimum atomic E-state index is 0.560. The zero-order valence-corrected chi connectivity index (χ0v) is 14.7. The fraction of sp³-hybridized carbons (Fsp3) is 0.150. The first-order valence-electron chi connectivity index (χ1n) is 8.07. The average molecular weight is 331 g/mol. The summed E-state index contributed by atoms with van der Waals surface area (Å²) in [6.07, 6.45) is 1.73. The van der Waals surface area contributed by atoms with Crippen LogP contribution in [0.1, 0.15) is 16.7 Å². The molecule has 0 unspecified atom stereocenters. The highest BCUT2D eigenvalue weighted by atomic mass is 15.1. The van der Waals surface area contributed by atoms with Gasteiger partial charge in [-0.1, -0.05) is 17.7 Å². The molecule has 0 amide bonds. The maximum absolute atomic E-state index is 4.54. The first-order valence-corrected chi connectivity index (χ1v) is 8.07. The van der Waals surface area contributed by atoms with Crippen LogP contribution in [0.4, 0.5) is 28.8 Å². The lowest BCUT2D eigenvalue weighted by molar-refractivity contribution is 1.15. The molecule has 5 heteroatoms. The van der Waals surface area contributed by atoms with Crippen molar-refractivity contribution in [2.75, 3.05) is 10.6 Å². The molecule has 0 aliphatic rings. The average Bonchev–Trinajstić information content (AvgIpc) is 2.59. The summed E-state index contributed by atoms with van der Waals surface area (Å²) in [5, 5.41) is 6.59. The fourth-order valence-corrected chi connectivity index (χ4v) is 2.78. The van der Waals surface area contributed by atoms with E-state index < -0.39 is 0 Å². The first-order chi connectivity index (χ1) is 12.0. The van der Waals surface area contributed by atoms with Crippen LogP contribution in [0.25, 0.3) is 0 Å². The lowest BCUT2D eigenvalue weighted by Gasteiger charge is -2.13. The summed E-state index contributed by atoms with van der Waals surface area (Å²) in [6.45, 7) is 9.78. The van der Waals surface area contributed by atoms with Crippen molar-refractivity contribution in [2.24, 2.45) is 4.99 Å². The minimum absolute atomic E-state index is 0.560. The van der Waals surface area contributed by atoms with Gasteiger partial charge in [0.05, 0.1) is 5.69 Å². The third-order valence-electron chi connectivity index (χ3n) is 3.89. The largest absolute Gasteiger partial charge is 0.340 e. The van der Waals surface area contributed by atoms with Gasteiger partial charge in [0.15, 0.2) is 0 Å². The summed E-state index contributed by atoms with van der Waals surface area (Å²) >= 11 is 0. The van der Waals surface area contributed by atoms with Gasteiger partial charge >= 0.3 is 0 Å². The Bertz CT molecular complexity index is 877.